The number of rotatable bonds is 4. The summed E-state index contributed by atoms with van der Waals surface area (Å²) in [6, 6.07) is 0.619. The van der Waals surface area contributed by atoms with Crippen LogP contribution < -0.4 is 5.32 Å². The molecule has 1 heterocycles. The highest BCUT2D eigenvalue weighted by Gasteiger charge is 2.45. The highest BCUT2D eigenvalue weighted by atomic mass is 16.5. The molecule has 82 valence electrons. The molecule has 0 spiro atoms. The third-order valence-electron chi connectivity index (χ3n) is 3.79. The average molecular weight is 197 g/mol. The maximum Gasteiger partial charge on any atom is 0.0471 e. The van der Waals surface area contributed by atoms with Gasteiger partial charge in [-0.05, 0) is 37.0 Å². The maximum atomic E-state index is 5.48. The first-order valence-corrected chi connectivity index (χ1v) is 6.04. The SMILES string of the molecule is CC(C)NCC1(C2CC2)CCOCC1. The van der Waals surface area contributed by atoms with E-state index in [-0.39, 0.29) is 0 Å². The minimum Gasteiger partial charge on any atom is -0.381 e. The number of ether oxygens (including phenoxy) is 1. The molecule has 2 rings (SSSR count). The first kappa shape index (κ1) is 10.4. The molecule has 1 saturated carbocycles. The molecule has 2 heteroatoms. The lowest BCUT2D eigenvalue weighted by Crippen LogP contribution is -2.42. The molecule has 0 aromatic carbocycles. The van der Waals surface area contributed by atoms with E-state index in [1.807, 2.05) is 0 Å². The van der Waals surface area contributed by atoms with Crippen molar-refractivity contribution in [3.63, 3.8) is 0 Å². The van der Waals surface area contributed by atoms with E-state index in [4.69, 9.17) is 4.74 Å². The van der Waals surface area contributed by atoms with E-state index in [1.54, 1.807) is 0 Å². The van der Waals surface area contributed by atoms with Crippen LogP contribution in [0.3, 0.4) is 0 Å². The van der Waals surface area contributed by atoms with Gasteiger partial charge in [0, 0.05) is 25.8 Å². The summed E-state index contributed by atoms with van der Waals surface area (Å²) in [5, 5.41) is 3.62. The summed E-state index contributed by atoms with van der Waals surface area (Å²) >= 11 is 0. The van der Waals surface area contributed by atoms with E-state index in [0.717, 1.165) is 19.1 Å². The van der Waals surface area contributed by atoms with Gasteiger partial charge < -0.3 is 10.1 Å². The molecule has 2 nitrogen and oxygen atoms in total. The van der Waals surface area contributed by atoms with Crippen molar-refractivity contribution in [1.82, 2.24) is 5.32 Å². The van der Waals surface area contributed by atoms with Crippen LogP contribution in [0.5, 0.6) is 0 Å². The molecule has 14 heavy (non-hydrogen) atoms. The van der Waals surface area contributed by atoms with Crippen LogP contribution in [0.15, 0.2) is 0 Å². The Bertz CT molecular complexity index is 181. The Morgan fingerprint density at radius 1 is 1.29 bits per heavy atom. The standard InChI is InChI=1S/C12H23NO/c1-10(2)13-9-12(11-3-4-11)5-7-14-8-6-12/h10-11,13H,3-9H2,1-2H3. The summed E-state index contributed by atoms with van der Waals surface area (Å²) in [6.07, 6.45) is 5.47. The van der Waals surface area contributed by atoms with E-state index in [0.29, 0.717) is 11.5 Å². The van der Waals surface area contributed by atoms with Crippen LogP contribution >= 0.6 is 0 Å². The third-order valence-corrected chi connectivity index (χ3v) is 3.79. The van der Waals surface area contributed by atoms with Gasteiger partial charge in [-0.15, -0.1) is 0 Å². The van der Waals surface area contributed by atoms with Gasteiger partial charge in [-0.2, -0.15) is 0 Å². The summed E-state index contributed by atoms with van der Waals surface area (Å²) in [5.41, 5.74) is 0.586. The second-order valence-electron chi connectivity index (χ2n) is 5.28. The van der Waals surface area contributed by atoms with E-state index in [2.05, 4.69) is 19.2 Å². The van der Waals surface area contributed by atoms with Crippen LogP contribution in [0.25, 0.3) is 0 Å². The molecule has 2 fully saturated rings. The molecule has 0 amide bonds. The van der Waals surface area contributed by atoms with Crippen LogP contribution in [0.2, 0.25) is 0 Å². The molecular weight excluding hydrogens is 174 g/mol. The van der Waals surface area contributed by atoms with Gasteiger partial charge in [0.15, 0.2) is 0 Å². The quantitative estimate of drug-likeness (QED) is 0.746. The monoisotopic (exact) mass is 197 g/mol. The number of nitrogens with one attached hydrogen (secondary N) is 1. The van der Waals surface area contributed by atoms with E-state index >= 15 is 0 Å². The van der Waals surface area contributed by atoms with E-state index < -0.39 is 0 Å². The van der Waals surface area contributed by atoms with Crippen molar-refractivity contribution in [1.29, 1.82) is 0 Å². The van der Waals surface area contributed by atoms with E-state index in [9.17, 15) is 0 Å². The van der Waals surface area contributed by atoms with Crippen molar-refractivity contribution in [2.24, 2.45) is 11.3 Å². The lowest BCUT2D eigenvalue weighted by molar-refractivity contribution is 0.00211. The van der Waals surface area contributed by atoms with Gasteiger partial charge in [-0.25, -0.2) is 0 Å². The van der Waals surface area contributed by atoms with Crippen LogP contribution in [-0.2, 0) is 4.74 Å². The highest BCUT2D eigenvalue weighted by Crippen LogP contribution is 2.50. The predicted octanol–water partition coefficient (Wildman–Crippen LogP) is 2.19. The topological polar surface area (TPSA) is 21.3 Å². The molecule has 0 atom stereocenters. The lowest BCUT2D eigenvalue weighted by Gasteiger charge is -2.38. The predicted molar refractivity (Wildman–Crippen MR) is 58.3 cm³/mol. The Labute approximate surface area is 87.4 Å². The van der Waals surface area contributed by atoms with Crippen molar-refractivity contribution in [3.05, 3.63) is 0 Å². The summed E-state index contributed by atoms with van der Waals surface area (Å²) < 4.78 is 5.48. The van der Waals surface area contributed by atoms with Gasteiger partial charge in [0.25, 0.3) is 0 Å². The molecule has 0 radical (unpaired) electrons. The second-order valence-corrected chi connectivity index (χ2v) is 5.28. The molecule has 1 aliphatic heterocycles. The van der Waals surface area contributed by atoms with Crippen molar-refractivity contribution in [3.8, 4) is 0 Å². The first-order chi connectivity index (χ1) is 6.73. The fourth-order valence-electron chi connectivity index (χ4n) is 2.61. The number of hydrogen-bond acceptors (Lipinski definition) is 2. The van der Waals surface area contributed by atoms with Crippen molar-refractivity contribution in [2.45, 2.75) is 45.6 Å². The largest absolute Gasteiger partial charge is 0.381 e. The molecule has 0 aromatic rings. The van der Waals surface area contributed by atoms with Gasteiger partial charge in [0.1, 0.15) is 0 Å². The molecule has 0 aromatic heterocycles. The van der Waals surface area contributed by atoms with Crippen molar-refractivity contribution in [2.75, 3.05) is 19.8 Å². The molecule has 0 bridgehead atoms. The third kappa shape index (κ3) is 2.29. The van der Waals surface area contributed by atoms with Crippen LogP contribution in [0, 0.1) is 11.3 Å². The van der Waals surface area contributed by atoms with Crippen LogP contribution in [-0.4, -0.2) is 25.8 Å². The minimum atomic E-state index is 0.586. The zero-order chi connectivity index (χ0) is 10.0. The summed E-state index contributed by atoms with van der Waals surface area (Å²) in [4.78, 5) is 0. The fourth-order valence-corrected chi connectivity index (χ4v) is 2.61. The van der Waals surface area contributed by atoms with Crippen LogP contribution in [0.4, 0.5) is 0 Å². The Kier molecular flexibility index (Phi) is 3.13. The highest BCUT2D eigenvalue weighted by molar-refractivity contribution is 4.96. The van der Waals surface area contributed by atoms with Gasteiger partial charge in [0.05, 0.1) is 0 Å². The summed E-state index contributed by atoms with van der Waals surface area (Å²) in [6.45, 7) is 7.64. The number of hydrogen-bond donors (Lipinski definition) is 1. The Morgan fingerprint density at radius 3 is 2.43 bits per heavy atom. The van der Waals surface area contributed by atoms with Crippen LogP contribution in [0.1, 0.15) is 39.5 Å². The lowest BCUT2D eigenvalue weighted by atomic mass is 9.75. The molecule has 1 saturated heterocycles. The van der Waals surface area contributed by atoms with E-state index in [1.165, 1.54) is 32.2 Å². The molecule has 1 N–H and O–H groups in total. The van der Waals surface area contributed by atoms with Gasteiger partial charge in [-0.1, -0.05) is 13.8 Å². The summed E-state index contributed by atoms with van der Waals surface area (Å²) in [5.74, 6) is 0.998. The Morgan fingerprint density at radius 2 is 1.93 bits per heavy atom. The summed E-state index contributed by atoms with van der Waals surface area (Å²) in [7, 11) is 0. The maximum absolute atomic E-state index is 5.48. The second kappa shape index (κ2) is 4.19. The van der Waals surface area contributed by atoms with Gasteiger partial charge in [-0.3, -0.25) is 0 Å². The smallest absolute Gasteiger partial charge is 0.0471 e. The molecule has 1 aliphatic carbocycles. The average Bonchev–Trinajstić information content (AvgIpc) is 3.00. The zero-order valence-electron chi connectivity index (χ0n) is 9.51. The van der Waals surface area contributed by atoms with Gasteiger partial charge in [0.2, 0.25) is 0 Å². The molecule has 2 aliphatic rings. The molecular formula is C12H23NO. The minimum absolute atomic E-state index is 0.586. The first-order valence-electron chi connectivity index (χ1n) is 6.04. The molecule has 0 unspecified atom stereocenters. The van der Waals surface area contributed by atoms with Crippen molar-refractivity contribution < 1.29 is 4.74 Å². The Hall–Kier alpha value is -0.0800. The zero-order valence-corrected chi connectivity index (χ0v) is 9.51. The van der Waals surface area contributed by atoms with Gasteiger partial charge >= 0.3 is 0 Å². The van der Waals surface area contributed by atoms with Crippen molar-refractivity contribution >= 4 is 0 Å². The Balaban J connectivity index is 1.91. The normalized spacial score (nSPS) is 26.8. The fraction of sp³-hybridized carbons (Fsp3) is 1.00.